The van der Waals surface area contributed by atoms with Gasteiger partial charge in [-0.3, -0.25) is 0 Å². The molecule has 1 atom stereocenters. The molecule has 2 aromatic carbocycles. The minimum absolute atomic E-state index is 0.0309. The summed E-state index contributed by atoms with van der Waals surface area (Å²) in [7, 11) is -2.64. The predicted octanol–water partition coefficient (Wildman–Crippen LogP) is 1.39. The number of esters is 1. The Morgan fingerprint density at radius 2 is 1.85 bits per heavy atom. The van der Waals surface area contributed by atoms with E-state index >= 15 is 0 Å². The van der Waals surface area contributed by atoms with Crippen LogP contribution in [0.25, 0.3) is 0 Å². The maximum absolute atomic E-state index is 12.5. The molecule has 0 spiro atoms. The van der Waals surface area contributed by atoms with Gasteiger partial charge in [-0.15, -0.1) is 0 Å². The number of hydrogen-bond acceptors (Lipinski definition) is 7. The van der Waals surface area contributed by atoms with Gasteiger partial charge in [-0.25, -0.2) is 17.9 Å². The molecule has 0 saturated carbocycles. The highest BCUT2D eigenvalue weighted by Gasteiger charge is 2.28. The molecule has 0 bridgehead atoms. The summed E-state index contributed by atoms with van der Waals surface area (Å²) in [6.45, 7) is 1.34. The summed E-state index contributed by atoms with van der Waals surface area (Å²) in [5.74, 6) is 0.507. The zero-order valence-electron chi connectivity index (χ0n) is 14.8. The second kappa shape index (κ2) is 7.18. The van der Waals surface area contributed by atoms with Gasteiger partial charge in [0.15, 0.2) is 11.5 Å². The molecular formula is C18H19NO7S. The van der Waals surface area contributed by atoms with E-state index in [-0.39, 0.29) is 23.8 Å². The number of hydrogen-bond donors (Lipinski definition) is 2. The predicted molar refractivity (Wildman–Crippen MR) is 95.1 cm³/mol. The Balaban J connectivity index is 1.73. The van der Waals surface area contributed by atoms with E-state index in [1.807, 2.05) is 0 Å². The van der Waals surface area contributed by atoms with Crippen LogP contribution in [0.2, 0.25) is 0 Å². The van der Waals surface area contributed by atoms with E-state index in [4.69, 9.17) is 9.47 Å². The molecule has 0 unspecified atom stereocenters. The Morgan fingerprint density at radius 1 is 1.19 bits per heavy atom. The van der Waals surface area contributed by atoms with Crippen molar-refractivity contribution in [2.45, 2.75) is 17.4 Å². The minimum atomic E-state index is -3.88. The molecule has 0 radical (unpaired) electrons. The van der Waals surface area contributed by atoms with Crippen LogP contribution in [0.15, 0.2) is 47.4 Å². The van der Waals surface area contributed by atoms with Crippen LogP contribution < -0.4 is 14.2 Å². The number of nitrogens with one attached hydrogen (secondary N) is 1. The maximum Gasteiger partial charge on any atom is 0.337 e. The average molecular weight is 393 g/mol. The Hall–Kier alpha value is -2.62. The summed E-state index contributed by atoms with van der Waals surface area (Å²) >= 11 is 0. The fourth-order valence-electron chi connectivity index (χ4n) is 2.54. The highest BCUT2D eigenvalue weighted by atomic mass is 32.2. The molecule has 1 heterocycles. The first kappa shape index (κ1) is 19.2. The maximum atomic E-state index is 12.5. The number of rotatable bonds is 6. The lowest BCUT2D eigenvalue weighted by Gasteiger charge is -2.24. The third-order valence-corrected chi connectivity index (χ3v) is 5.60. The molecule has 0 aliphatic carbocycles. The number of benzene rings is 2. The third kappa shape index (κ3) is 4.05. The van der Waals surface area contributed by atoms with Crippen molar-refractivity contribution in [2.24, 2.45) is 0 Å². The summed E-state index contributed by atoms with van der Waals surface area (Å²) in [4.78, 5) is 11.4. The molecule has 2 aromatic rings. The number of aliphatic hydroxyl groups is 1. The monoisotopic (exact) mass is 393 g/mol. The van der Waals surface area contributed by atoms with E-state index < -0.39 is 21.6 Å². The van der Waals surface area contributed by atoms with Gasteiger partial charge in [-0.1, -0.05) is 6.07 Å². The third-order valence-electron chi connectivity index (χ3n) is 4.19. The molecule has 2 N–H and O–H groups in total. The van der Waals surface area contributed by atoms with Gasteiger partial charge in [-0.05, 0) is 48.9 Å². The van der Waals surface area contributed by atoms with Gasteiger partial charge in [0, 0.05) is 6.54 Å². The number of ether oxygens (including phenoxy) is 3. The molecule has 1 aliphatic heterocycles. The van der Waals surface area contributed by atoms with Crippen molar-refractivity contribution in [3.63, 3.8) is 0 Å². The van der Waals surface area contributed by atoms with Crippen molar-refractivity contribution in [2.75, 3.05) is 20.4 Å². The zero-order chi connectivity index (χ0) is 19.7. The van der Waals surface area contributed by atoms with Crippen LogP contribution in [0.4, 0.5) is 0 Å². The lowest BCUT2D eigenvalue weighted by Crippen LogP contribution is -2.38. The van der Waals surface area contributed by atoms with Crippen molar-refractivity contribution in [1.82, 2.24) is 4.72 Å². The van der Waals surface area contributed by atoms with Crippen LogP contribution in [0, 0.1) is 0 Å². The molecular weight excluding hydrogens is 374 g/mol. The van der Waals surface area contributed by atoms with Crippen molar-refractivity contribution in [1.29, 1.82) is 0 Å². The Bertz CT molecular complexity index is 952. The first-order chi connectivity index (χ1) is 12.7. The molecule has 0 fully saturated rings. The van der Waals surface area contributed by atoms with E-state index in [0.29, 0.717) is 17.1 Å². The fourth-order valence-corrected chi connectivity index (χ4v) is 3.67. The van der Waals surface area contributed by atoms with Gasteiger partial charge < -0.3 is 19.3 Å². The molecule has 0 saturated heterocycles. The summed E-state index contributed by atoms with van der Waals surface area (Å²) in [6, 6.07) is 10.2. The second-order valence-electron chi connectivity index (χ2n) is 6.18. The van der Waals surface area contributed by atoms with Gasteiger partial charge in [0.1, 0.15) is 5.60 Å². The summed E-state index contributed by atoms with van der Waals surface area (Å²) < 4.78 is 42.4. The highest BCUT2D eigenvalue weighted by molar-refractivity contribution is 7.89. The van der Waals surface area contributed by atoms with Crippen LogP contribution in [0.3, 0.4) is 0 Å². The Kier molecular flexibility index (Phi) is 5.09. The fraction of sp³-hybridized carbons (Fsp3) is 0.278. The largest absolute Gasteiger partial charge is 0.465 e. The van der Waals surface area contributed by atoms with Crippen LogP contribution >= 0.6 is 0 Å². The van der Waals surface area contributed by atoms with E-state index in [1.54, 1.807) is 18.2 Å². The van der Waals surface area contributed by atoms with E-state index in [9.17, 15) is 18.3 Å². The van der Waals surface area contributed by atoms with Gasteiger partial charge >= 0.3 is 5.97 Å². The summed E-state index contributed by atoms with van der Waals surface area (Å²) in [5, 5.41) is 10.7. The van der Waals surface area contributed by atoms with Gasteiger partial charge in [-0.2, -0.15) is 0 Å². The zero-order valence-corrected chi connectivity index (χ0v) is 15.6. The smallest absolute Gasteiger partial charge is 0.337 e. The first-order valence-corrected chi connectivity index (χ1v) is 9.52. The summed E-state index contributed by atoms with van der Waals surface area (Å²) in [5.41, 5.74) is -0.751. The lowest BCUT2D eigenvalue weighted by molar-refractivity contribution is 0.0600. The number of carbonyl (C=O) groups excluding carboxylic acids is 1. The molecule has 9 heteroatoms. The quantitative estimate of drug-likeness (QED) is 0.714. The van der Waals surface area contributed by atoms with E-state index in [1.165, 1.54) is 38.3 Å². The molecule has 0 amide bonds. The SMILES string of the molecule is COC(=O)c1ccc(S(=O)(=O)NC[C@@](C)(O)c2ccc3c(c2)OCO3)cc1. The van der Waals surface area contributed by atoms with Crippen molar-refractivity contribution < 1.29 is 32.5 Å². The number of carbonyl (C=O) groups is 1. The lowest BCUT2D eigenvalue weighted by atomic mass is 9.96. The number of sulfonamides is 1. The van der Waals surface area contributed by atoms with Crippen LogP contribution in [-0.2, 0) is 20.4 Å². The van der Waals surface area contributed by atoms with E-state index in [0.717, 1.165) is 0 Å². The highest BCUT2D eigenvalue weighted by Crippen LogP contribution is 2.35. The molecule has 3 rings (SSSR count). The van der Waals surface area contributed by atoms with E-state index in [2.05, 4.69) is 9.46 Å². The number of methoxy groups -OCH3 is 1. The van der Waals surface area contributed by atoms with Crippen LogP contribution in [-0.4, -0.2) is 39.9 Å². The van der Waals surface area contributed by atoms with Gasteiger partial charge in [0.05, 0.1) is 17.6 Å². The van der Waals surface area contributed by atoms with Crippen molar-refractivity contribution in [3.05, 3.63) is 53.6 Å². The molecule has 0 aromatic heterocycles. The molecule has 1 aliphatic rings. The van der Waals surface area contributed by atoms with Crippen LogP contribution in [0.5, 0.6) is 11.5 Å². The molecule has 27 heavy (non-hydrogen) atoms. The topological polar surface area (TPSA) is 111 Å². The van der Waals surface area contributed by atoms with Crippen molar-refractivity contribution in [3.8, 4) is 11.5 Å². The minimum Gasteiger partial charge on any atom is -0.465 e. The Labute approximate surface area is 156 Å². The first-order valence-electron chi connectivity index (χ1n) is 8.03. The normalized spacial score (nSPS) is 15.2. The molecule has 8 nitrogen and oxygen atoms in total. The van der Waals surface area contributed by atoms with Gasteiger partial charge in [0.2, 0.25) is 16.8 Å². The molecule has 144 valence electrons. The van der Waals surface area contributed by atoms with Crippen molar-refractivity contribution >= 4 is 16.0 Å². The second-order valence-corrected chi connectivity index (χ2v) is 7.95. The number of fused-ring (bicyclic) bond motifs is 1. The average Bonchev–Trinajstić information content (AvgIpc) is 3.14. The Morgan fingerprint density at radius 3 is 2.52 bits per heavy atom. The standard InChI is InChI=1S/C18H19NO7S/c1-18(21,13-5-8-15-16(9-13)26-11-25-15)10-19-27(22,23)14-6-3-12(4-7-14)17(20)24-2/h3-9,19,21H,10-11H2,1-2H3/t18-/m1/s1. The van der Waals surface area contributed by atoms with Crippen LogP contribution in [0.1, 0.15) is 22.8 Å². The summed E-state index contributed by atoms with van der Waals surface area (Å²) in [6.07, 6.45) is 0. The van der Waals surface area contributed by atoms with Gasteiger partial charge in [0.25, 0.3) is 0 Å².